The summed E-state index contributed by atoms with van der Waals surface area (Å²) in [6, 6.07) is 121. The second-order valence-corrected chi connectivity index (χ2v) is 32.6. The Labute approximate surface area is 770 Å². The molecule has 2 radical (unpaired) electrons. The molecule has 0 aliphatic rings. The van der Waals surface area contributed by atoms with Gasteiger partial charge in [0.05, 0.1) is 61.6 Å². The minimum absolute atomic E-state index is 0. The van der Waals surface area contributed by atoms with Gasteiger partial charge in [-0.3, -0.25) is 19.7 Å². The van der Waals surface area contributed by atoms with Crippen LogP contribution >= 0.6 is 0 Å². The minimum Gasteiger partial charge on any atom is -0.512 e. The number of carbonyl (C=O) groups is 1. The molecule has 0 amide bonds. The summed E-state index contributed by atoms with van der Waals surface area (Å²) in [5, 5.41) is 16.6. The van der Waals surface area contributed by atoms with Crippen LogP contribution in [0, 0.1) is 65.5 Å². The van der Waals surface area contributed by atoms with Gasteiger partial charge in [-0.1, -0.05) is 271 Å². The average molecular weight is 2010 g/mol. The molecule has 0 aliphatic heterocycles. The topological polar surface area (TPSA) is 137 Å². The van der Waals surface area contributed by atoms with Crippen LogP contribution in [0.1, 0.15) is 73.9 Å². The molecule has 127 heavy (non-hydrogen) atoms. The van der Waals surface area contributed by atoms with E-state index in [1.807, 2.05) is 101 Å². The van der Waals surface area contributed by atoms with Crippen molar-refractivity contribution in [3.05, 3.63) is 416 Å². The quantitative estimate of drug-likeness (QED) is 0.0460. The Bertz CT molecular complexity index is 6820. The van der Waals surface area contributed by atoms with Crippen LogP contribution in [0.25, 0.3) is 167 Å². The smallest absolute Gasteiger partial charge is 0.159 e. The van der Waals surface area contributed by atoms with E-state index in [9.17, 15) is 9.90 Å². The SMILES string of the molecule is CC(C)CC(=O)C=C(O)CC(C)C.Cc1[c-]c(-c2ncc(-c3c(C)cccc3C)nc2-c2cc(C)cc(C)c2)cc(C)c1.[Ir].[Ir].[c-]1ccccc1-c1ccccn1.c1cc(-c2cc(-c3cccc(-n4c5ccccc5c5ccccc54)c3)ncn2)cc(-n2c3ccccc3c3ccccc32)c1.c1ccc(-c2ccnc3c2ccc2c(-c4ccccc4)ccnc23)cc1. The van der Waals surface area contributed by atoms with Crippen molar-refractivity contribution in [2.24, 2.45) is 11.8 Å². The maximum atomic E-state index is 11.2. The Balaban J connectivity index is 0.000000138. The molecule has 0 fully saturated rings. The van der Waals surface area contributed by atoms with Gasteiger partial charge in [-0.05, 0) is 157 Å². The van der Waals surface area contributed by atoms with Gasteiger partial charge in [0.25, 0.3) is 0 Å². The number of fused-ring (bicyclic) bond motifs is 9. The first kappa shape index (κ1) is 89.4. The predicted octanol–water partition coefficient (Wildman–Crippen LogP) is 28.9. The summed E-state index contributed by atoms with van der Waals surface area (Å²) >= 11 is 0. The first-order chi connectivity index (χ1) is 60.9. The number of hydrogen-bond donors (Lipinski definition) is 1. The van der Waals surface area contributed by atoms with Crippen molar-refractivity contribution in [2.45, 2.75) is 82.1 Å². The second-order valence-electron chi connectivity index (χ2n) is 32.6. The number of nitrogens with zero attached hydrogens (tertiary/aromatic N) is 9. The van der Waals surface area contributed by atoms with Gasteiger partial charge in [-0.15, -0.1) is 70.8 Å². The van der Waals surface area contributed by atoms with Crippen molar-refractivity contribution in [1.82, 2.24) is 44.0 Å². The Morgan fingerprint density at radius 2 is 0.835 bits per heavy atom. The molecular weight excluding hydrogens is 1910 g/mol. The van der Waals surface area contributed by atoms with E-state index >= 15 is 0 Å². The monoisotopic (exact) mass is 2010 g/mol. The van der Waals surface area contributed by atoms with Gasteiger partial charge < -0.3 is 24.2 Å². The Hall–Kier alpha value is -13.9. The number of aromatic nitrogens is 9. The van der Waals surface area contributed by atoms with E-state index in [2.05, 4.69) is 351 Å². The standard InChI is InChI=1S/C40H26N4.C28H27N2.C24H16N2.C11H8N.C11H20O2.2Ir/c1-5-19-37-31(15-1)32-16-2-6-20-38(32)43(37)29-13-9-11-27(23-29)35-25-36(42-26-41-35)28-12-10-14-30(24-28)44-39-21-7-3-17-33(39)34-18-4-8-22-40(34)44;1-17-10-18(2)13-23(12-17)27-28(24-14-19(3)11-20(4)15-24)30-25(16-29-27)26-21(5)8-7-9-22(26)6;1-3-7-17(8-4-1)19-13-15-25-23-21(19)11-12-22-20(14-16-26-24(22)23)18-9-5-2-6-10-18;1-2-6-10(7-3-1)11-8-4-5-9-12-11;1-8(2)5-10(12)7-11(13)6-9(3)4;;/h1-26H;7-12,14-16H,1-6H3;1-16H;1-6,8-9H;7-9,12H,5-6H2,1-4H3;;/q;-1;;-1;;;. The van der Waals surface area contributed by atoms with Gasteiger partial charge in [0.1, 0.15) is 6.33 Å². The van der Waals surface area contributed by atoms with Crippen LogP contribution in [0.2, 0.25) is 0 Å². The average Bonchev–Trinajstić information content (AvgIpc) is 1.52. The number of pyridine rings is 3. The number of hydrogen-bond acceptors (Lipinski definition) is 9. The summed E-state index contributed by atoms with van der Waals surface area (Å²) in [7, 11) is 0. The van der Waals surface area contributed by atoms with Crippen molar-refractivity contribution in [3.63, 3.8) is 0 Å². The third-order valence-corrected chi connectivity index (χ3v) is 22.0. The fourth-order valence-corrected chi connectivity index (χ4v) is 16.7. The largest absolute Gasteiger partial charge is 0.512 e. The molecule has 0 atom stereocenters. The molecule has 13 heteroatoms. The van der Waals surface area contributed by atoms with Crippen molar-refractivity contribution >= 4 is 71.2 Å². The number of ketones is 1. The van der Waals surface area contributed by atoms with Gasteiger partial charge >= 0.3 is 0 Å². The number of aryl methyl sites for hydroxylation is 6. The Kier molecular flexibility index (Phi) is 29.0. The minimum atomic E-state index is 0. The number of rotatable bonds is 15. The van der Waals surface area contributed by atoms with Crippen molar-refractivity contribution in [1.29, 1.82) is 0 Å². The van der Waals surface area contributed by atoms with Gasteiger partial charge in [0.2, 0.25) is 0 Å². The zero-order chi connectivity index (χ0) is 86.5. The summed E-state index contributed by atoms with van der Waals surface area (Å²) < 4.78 is 4.68. The van der Waals surface area contributed by atoms with Crippen LogP contribution in [0.15, 0.2) is 371 Å². The zero-order valence-electron chi connectivity index (χ0n) is 72.8. The van der Waals surface area contributed by atoms with Gasteiger partial charge in [-0.25, -0.2) is 9.97 Å². The second kappa shape index (κ2) is 41.3. The number of carbonyl (C=O) groups excluding carboxylic acids is 1. The van der Waals surface area contributed by atoms with Crippen LogP contribution in [0.5, 0.6) is 0 Å². The van der Waals surface area contributed by atoms with Crippen LogP contribution < -0.4 is 0 Å². The molecule has 7 heterocycles. The fourth-order valence-electron chi connectivity index (χ4n) is 16.7. The normalized spacial score (nSPS) is 11.1. The third kappa shape index (κ3) is 20.7. The van der Waals surface area contributed by atoms with Crippen LogP contribution in [0.3, 0.4) is 0 Å². The molecule has 13 aromatic carbocycles. The molecule has 0 spiro atoms. The molecule has 11 nitrogen and oxygen atoms in total. The molecule has 0 saturated carbocycles. The molecule has 0 saturated heterocycles. The maximum Gasteiger partial charge on any atom is 0.159 e. The summed E-state index contributed by atoms with van der Waals surface area (Å²) in [6.07, 6.45) is 11.6. The first-order valence-corrected chi connectivity index (χ1v) is 42.6. The molecule has 0 unspecified atom stereocenters. The van der Waals surface area contributed by atoms with E-state index < -0.39 is 0 Å². The predicted molar refractivity (Wildman–Crippen MR) is 518 cm³/mol. The third-order valence-electron chi connectivity index (χ3n) is 22.0. The van der Waals surface area contributed by atoms with Crippen LogP contribution in [0.4, 0.5) is 0 Å². The Morgan fingerprint density at radius 1 is 0.370 bits per heavy atom. The molecule has 0 bridgehead atoms. The number of benzene rings is 13. The molecule has 630 valence electrons. The van der Waals surface area contributed by atoms with E-state index in [4.69, 9.17) is 19.9 Å². The summed E-state index contributed by atoms with van der Waals surface area (Å²) in [5.74, 6) is 0.979. The molecule has 7 aromatic heterocycles. The van der Waals surface area contributed by atoms with E-state index in [1.54, 1.807) is 12.5 Å². The number of aliphatic hydroxyl groups is 1. The molecule has 0 aliphatic carbocycles. The van der Waals surface area contributed by atoms with E-state index in [0.29, 0.717) is 24.7 Å². The van der Waals surface area contributed by atoms with Crippen LogP contribution in [-0.4, -0.2) is 54.9 Å². The first-order valence-electron chi connectivity index (χ1n) is 42.6. The summed E-state index contributed by atoms with van der Waals surface area (Å²) in [6.45, 7) is 20.7. The van der Waals surface area contributed by atoms with Crippen molar-refractivity contribution in [2.75, 3.05) is 0 Å². The summed E-state index contributed by atoms with van der Waals surface area (Å²) in [4.78, 5) is 44.3. The van der Waals surface area contributed by atoms with Crippen molar-refractivity contribution < 1.29 is 50.1 Å². The van der Waals surface area contributed by atoms with E-state index in [1.165, 1.54) is 99.8 Å². The van der Waals surface area contributed by atoms with E-state index in [-0.39, 0.29) is 51.8 Å². The van der Waals surface area contributed by atoms with Crippen molar-refractivity contribution in [3.8, 4) is 101 Å². The molecule has 20 rings (SSSR count). The maximum absolute atomic E-state index is 11.2. The van der Waals surface area contributed by atoms with Crippen LogP contribution in [-0.2, 0) is 45.0 Å². The number of aliphatic hydroxyl groups excluding tert-OH is 1. The van der Waals surface area contributed by atoms with Gasteiger partial charge in [0.15, 0.2) is 5.78 Å². The number of para-hydroxylation sites is 4. The molecule has 20 aromatic rings. The zero-order valence-corrected chi connectivity index (χ0v) is 77.5. The fraction of sp³-hybridized carbons (Fsp3) is 0.123. The number of allylic oxidation sites excluding steroid dienone is 2. The van der Waals surface area contributed by atoms with Gasteiger partial charge in [0, 0.05) is 150 Å². The molecule has 1 N–H and O–H groups in total. The van der Waals surface area contributed by atoms with E-state index in [0.717, 1.165) is 106 Å². The molecular formula is C114H97Ir2N9O2-2. The van der Waals surface area contributed by atoms with Gasteiger partial charge in [-0.2, -0.15) is 0 Å². The Morgan fingerprint density at radius 3 is 1.31 bits per heavy atom. The summed E-state index contributed by atoms with van der Waals surface area (Å²) in [5.41, 5.74) is 32.6.